The second kappa shape index (κ2) is 9.03. The summed E-state index contributed by atoms with van der Waals surface area (Å²) in [6.45, 7) is 3.19. The number of nitrogens with zero attached hydrogens (tertiary/aromatic N) is 4. The molecular weight excluding hydrogens is 458 g/mol. The topological polar surface area (TPSA) is 126 Å². The Kier molecular flexibility index (Phi) is 5.55. The molecule has 1 aliphatic carbocycles. The van der Waals surface area contributed by atoms with Crippen molar-refractivity contribution < 1.29 is 14.7 Å². The lowest BCUT2D eigenvalue weighted by Crippen LogP contribution is -2.48. The van der Waals surface area contributed by atoms with Gasteiger partial charge in [0.05, 0.1) is 0 Å². The molecule has 0 unspecified atom stereocenters. The normalized spacial score (nSPS) is 19.1. The minimum atomic E-state index is -0.862. The number of H-pyrrole nitrogens is 1. The number of hydrogen-bond acceptors (Lipinski definition) is 6. The number of anilines is 1. The molecule has 3 aromatic rings. The first-order valence-electron chi connectivity index (χ1n) is 12.2. The van der Waals surface area contributed by atoms with Gasteiger partial charge >= 0.3 is 6.09 Å². The number of guanidine groups is 1. The van der Waals surface area contributed by atoms with Crippen LogP contribution in [0.2, 0.25) is 0 Å². The molecule has 10 heteroatoms. The lowest BCUT2D eigenvalue weighted by molar-refractivity contribution is -0.115. The van der Waals surface area contributed by atoms with Crippen molar-refractivity contribution in [1.82, 2.24) is 25.5 Å². The predicted molar refractivity (Wildman–Crippen MR) is 138 cm³/mol. The van der Waals surface area contributed by atoms with E-state index in [2.05, 4.69) is 60.8 Å². The van der Waals surface area contributed by atoms with Gasteiger partial charge in [-0.2, -0.15) is 0 Å². The standard InChI is InChI=1S/C26H27N7O3/c34-24-22(30-25(31-24)29-13-16-1-2-16)12-19-15-28-23-21(19)11-18(14-27-23)17-3-5-20(6-4-17)32-7-9-33(10-8-32)26(35)36/h3-6,11-12,14-16H,1-2,7-10,13H2,(H,27,28)(H,35,36)(H2,29,30,31,34)/b22-12-. The molecule has 2 amide bonds. The quantitative estimate of drug-likeness (QED) is 0.412. The molecule has 2 fully saturated rings. The number of benzene rings is 1. The molecule has 0 bridgehead atoms. The van der Waals surface area contributed by atoms with E-state index in [1.807, 2.05) is 12.4 Å². The van der Waals surface area contributed by atoms with Crippen molar-refractivity contribution in [2.75, 3.05) is 37.6 Å². The van der Waals surface area contributed by atoms with Crippen LogP contribution >= 0.6 is 0 Å². The third-order valence-electron chi connectivity index (χ3n) is 6.92. The van der Waals surface area contributed by atoms with Gasteiger partial charge in [-0.1, -0.05) is 12.1 Å². The molecule has 0 radical (unpaired) electrons. The van der Waals surface area contributed by atoms with E-state index in [9.17, 15) is 9.59 Å². The van der Waals surface area contributed by atoms with Gasteiger partial charge in [-0.05, 0) is 48.6 Å². The molecule has 0 atom stereocenters. The summed E-state index contributed by atoms with van der Waals surface area (Å²) in [6.07, 6.45) is 7.05. The van der Waals surface area contributed by atoms with Gasteiger partial charge in [0.25, 0.3) is 5.91 Å². The lowest BCUT2D eigenvalue weighted by atomic mass is 10.0. The van der Waals surface area contributed by atoms with Crippen molar-refractivity contribution in [3.05, 3.63) is 54.0 Å². The van der Waals surface area contributed by atoms with E-state index in [0.717, 1.165) is 40.0 Å². The number of fused-ring (bicyclic) bond motifs is 1. The van der Waals surface area contributed by atoms with Crippen LogP contribution in [0, 0.1) is 5.92 Å². The van der Waals surface area contributed by atoms with Crippen LogP contribution in [0.5, 0.6) is 0 Å². The average molecular weight is 486 g/mol. The van der Waals surface area contributed by atoms with E-state index in [4.69, 9.17) is 5.11 Å². The van der Waals surface area contributed by atoms with Crippen molar-refractivity contribution in [3.8, 4) is 11.1 Å². The highest BCUT2D eigenvalue weighted by Crippen LogP contribution is 2.29. The van der Waals surface area contributed by atoms with Crippen LogP contribution in [0.25, 0.3) is 28.2 Å². The molecule has 1 aromatic carbocycles. The van der Waals surface area contributed by atoms with E-state index in [1.54, 1.807) is 6.08 Å². The minimum Gasteiger partial charge on any atom is -0.465 e. The Morgan fingerprint density at radius 3 is 2.64 bits per heavy atom. The summed E-state index contributed by atoms with van der Waals surface area (Å²) in [5.74, 6) is 0.986. The number of carboxylic acid groups (broad SMARTS) is 1. The summed E-state index contributed by atoms with van der Waals surface area (Å²) in [5, 5.41) is 16.1. The summed E-state index contributed by atoms with van der Waals surface area (Å²) in [5.41, 5.74) is 5.03. The zero-order chi connectivity index (χ0) is 24.6. The number of hydrogen-bond donors (Lipinski definition) is 4. The van der Waals surface area contributed by atoms with Crippen LogP contribution < -0.4 is 15.5 Å². The molecule has 4 N–H and O–H groups in total. The maximum atomic E-state index is 12.4. The first-order chi connectivity index (χ1) is 17.5. The Balaban J connectivity index is 1.20. The largest absolute Gasteiger partial charge is 0.465 e. The number of nitrogens with one attached hydrogen (secondary N) is 3. The second-order valence-electron chi connectivity index (χ2n) is 9.44. The number of rotatable bonds is 5. The van der Waals surface area contributed by atoms with E-state index in [1.165, 1.54) is 17.7 Å². The highest BCUT2D eigenvalue weighted by molar-refractivity contribution is 6.14. The maximum Gasteiger partial charge on any atom is 0.407 e. The number of aliphatic imine (C=N–C) groups is 1. The highest BCUT2D eigenvalue weighted by Gasteiger charge is 2.25. The first kappa shape index (κ1) is 22.1. The molecule has 10 nitrogen and oxygen atoms in total. The number of carbonyl (C=O) groups is 2. The second-order valence-corrected chi connectivity index (χ2v) is 9.44. The number of aromatic nitrogens is 2. The van der Waals surface area contributed by atoms with Crippen LogP contribution in [0.3, 0.4) is 0 Å². The van der Waals surface area contributed by atoms with Crippen LogP contribution in [0.1, 0.15) is 18.4 Å². The van der Waals surface area contributed by atoms with Crippen molar-refractivity contribution in [2.45, 2.75) is 12.8 Å². The zero-order valence-electron chi connectivity index (χ0n) is 19.7. The summed E-state index contributed by atoms with van der Waals surface area (Å²) < 4.78 is 0. The molecule has 1 saturated carbocycles. The van der Waals surface area contributed by atoms with Gasteiger partial charge in [0.15, 0.2) is 0 Å². The monoisotopic (exact) mass is 485 g/mol. The summed E-state index contributed by atoms with van der Waals surface area (Å²) in [6, 6.07) is 10.3. The van der Waals surface area contributed by atoms with Crippen molar-refractivity contribution in [2.24, 2.45) is 10.9 Å². The van der Waals surface area contributed by atoms with Gasteiger partial charge < -0.3 is 25.2 Å². The number of carbonyl (C=O) groups excluding carboxylic acids is 1. The fourth-order valence-corrected chi connectivity index (χ4v) is 4.58. The Bertz CT molecular complexity index is 1380. The van der Waals surface area contributed by atoms with Crippen LogP contribution in [0.15, 0.2) is 53.4 Å². The van der Waals surface area contributed by atoms with Gasteiger partial charge in [-0.3, -0.25) is 10.1 Å². The van der Waals surface area contributed by atoms with Gasteiger partial charge in [0.2, 0.25) is 5.96 Å². The van der Waals surface area contributed by atoms with Gasteiger partial charge in [0.1, 0.15) is 11.3 Å². The van der Waals surface area contributed by atoms with Gasteiger partial charge in [-0.15, -0.1) is 0 Å². The zero-order valence-corrected chi connectivity index (χ0v) is 19.7. The Labute approximate surface area is 207 Å². The Morgan fingerprint density at radius 2 is 1.92 bits per heavy atom. The fourth-order valence-electron chi connectivity index (χ4n) is 4.58. The fraction of sp³-hybridized carbons (Fsp3) is 0.308. The van der Waals surface area contributed by atoms with E-state index in [-0.39, 0.29) is 5.91 Å². The van der Waals surface area contributed by atoms with Gasteiger partial charge in [0, 0.05) is 67.3 Å². The van der Waals surface area contributed by atoms with Crippen molar-refractivity contribution in [3.63, 3.8) is 0 Å². The lowest BCUT2D eigenvalue weighted by Gasteiger charge is -2.34. The SMILES string of the molecule is O=C1NC(NCC2CC2)=N/C1=C\c1c[nH]c2ncc(-c3ccc(N4CCN(C(=O)O)CC4)cc3)cc12. The third kappa shape index (κ3) is 4.49. The summed E-state index contributed by atoms with van der Waals surface area (Å²) >= 11 is 0. The molecule has 0 spiro atoms. The third-order valence-corrected chi connectivity index (χ3v) is 6.92. The van der Waals surface area contributed by atoms with E-state index >= 15 is 0 Å². The summed E-state index contributed by atoms with van der Waals surface area (Å²) in [4.78, 5) is 39.4. The molecule has 36 heavy (non-hydrogen) atoms. The maximum absolute atomic E-state index is 12.4. The number of amides is 2. The van der Waals surface area contributed by atoms with E-state index < -0.39 is 6.09 Å². The molecule has 3 aliphatic rings. The van der Waals surface area contributed by atoms with Crippen LogP contribution in [-0.2, 0) is 4.79 Å². The predicted octanol–water partition coefficient (Wildman–Crippen LogP) is 2.86. The summed E-state index contributed by atoms with van der Waals surface area (Å²) in [7, 11) is 0. The molecule has 1 saturated heterocycles. The van der Waals surface area contributed by atoms with Crippen molar-refractivity contribution >= 4 is 40.8 Å². The van der Waals surface area contributed by atoms with E-state index in [0.29, 0.717) is 43.8 Å². The van der Waals surface area contributed by atoms with Gasteiger partial charge in [-0.25, -0.2) is 14.8 Å². The minimum absolute atomic E-state index is 0.216. The molecule has 4 heterocycles. The molecule has 184 valence electrons. The van der Waals surface area contributed by atoms with Crippen molar-refractivity contribution in [1.29, 1.82) is 0 Å². The van der Waals surface area contributed by atoms with Crippen LogP contribution in [0.4, 0.5) is 10.5 Å². The van der Waals surface area contributed by atoms with Crippen LogP contribution in [-0.4, -0.2) is 70.7 Å². The first-order valence-corrected chi connectivity index (χ1v) is 12.2. The average Bonchev–Trinajstić information content (AvgIpc) is 3.56. The molecular formula is C26H27N7O3. The number of pyridine rings is 1. The molecule has 2 aromatic heterocycles. The Hall–Kier alpha value is -4.34. The highest BCUT2D eigenvalue weighted by atomic mass is 16.4. The number of aromatic amines is 1. The number of piperazine rings is 1. The molecule has 6 rings (SSSR count). The smallest absolute Gasteiger partial charge is 0.407 e. The molecule has 2 aliphatic heterocycles. The Morgan fingerprint density at radius 1 is 1.14 bits per heavy atom.